The molecule has 0 aromatic heterocycles. The number of amides is 2. The van der Waals surface area contributed by atoms with Gasteiger partial charge < -0.3 is 9.47 Å². The molecule has 8 heteroatoms. The first-order chi connectivity index (χ1) is 14.0. The fraction of sp³-hybridized carbons (Fsp3) is 0.190. The summed E-state index contributed by atoms with van der Waals surface area (Å²) in [6.45, 7) is 1.96. The molecule has 7 nitrogen and oxygen atoms in total. The van der Waals surface area contributed by atoms with Gasteiger partial charge in [0.05, 0.1) is 12.2 Å². The lowest BCUT2D eigenvalue weighted by Crippen LogP contribution is -2.43. The number of carbonyl (C=O) groups excluding carboxylic acids is 3. The van der Waals surface area contributed by atoms with Crippen molar-refractivity contribution in [3.63, 3.8) is 0 Å². The molecule has 0 aliphatic carbocycles. The third kappa shape index (κ3) is 7.67. The molecule has 0 saturated carbocycles. The molecule has 2 N–H and O–H groups in total. The quantitative estimate of drug-likeness (QED) is 0.391. The van der Waals surface area contributed by atoms with Crippen LogP contribution >= 0.6 is 11.6 Å². The summed E-state index contributed by atoms with van der Waals surface area (Å²) in [4.78, 5) is 35.2. The second-order valence-electron chi connectivity index (χ2n) is 5.84. The zero-order chi connectivity index (χ0) is 21.1. The van der Waals surface area contributed by atoms with E-state index in [9.17, 15) is 14.4 Å². The van der Waals surface area contributed by atoms with E-state index in [4.69, 9.17) is 21.1 Å². The van der Waals surface area contributed by atoms with Crippen LogP contribution in [0.5, 0.6) is 5.75 Å². The molecule has 0 radical (unpaired) electrons. The highest BCUT2D eigenvalue weighted by Gasteiger charge is 2.08. The predicted octanol–water partition coefficient (Wildman–Crippen LogP) is 3.15. The Balaban J connectivity index is 1.73. The maximum absolute atomic E-state index is 11.8. The van der Waals surface area contributed by atoms with E-state index in [1.54, 1.807) is 48.5 Å². The number of hydrazine groups is 1. The standard InChI is InChI=1S/C21H21ClN2O5/c1-2-13-28-21(27)16-7-10-17(11-8-16)29-14-20(26)24-23-19(25)12-9-15-5-3-4-6-18(15)22/h3-12H,2,13-14H2,1H3,(H,23,25)(H,24,26)/b12-9+. The first-order valence-corrected chi connectivity index (χ1v) is 9.28. The Labute approximate surface area is 173 Å². The fourth-order valence-electron chi connectivity index (χ4n) is 2.10. The number of hydrogen-bond acceptors (Lipinski definition) is 5. The summed E-state index contributed by atoms with van der Waals surface area (Å²) >= 11 is 5.99. The van der Waals surface area contributed by atoms with Gasteiger partial charge in [-0.2, -0.15) is 0 Å². The Morgan fingerprint density at radius 1 is 1.03 bits per heavy atom. The molecule has 0 atom stereocenters. The number of esters is 1. The van der Waals surface area contributed by atoms with Crippen molar-refractivity contribution in [3.05, 3.63) is 70.8 Å². The Morgan fingerprint density at radius 2 is 1.76 bits per heavy atom. The third-order valence-corrected chi connectivity index (χ3v) is 3.89. The average molecular weight is 417 g/mol. The van der Waals surface area contributed by atoms with Gasteiger partial charge in [0, 0.05) is 11.1 Å². The van der Waals surface area contributed by atoms with Gasteiger partial charge in [-0.3, -0.25) is 20.4 Å². The molecular formula is C21H21ClN2O5. The van der Waals surface area contributed by atoms with Crippen molar-refractivity contribution in [2.24, 2.45) is 0 Å². The molecule has 0 fully saturated rings. The number of nitrogens with one attached hydrogen (secondary N) is 2. The lowest BCUT2D eigenvalue weighted by atomic mass is 10.2. The molecule has 0 aliphatic rings. The van der Waals surface area contributed by atoms with E-state index in [-0.39, 0.29) is 6.61 Å². The number of carbonyl (C=O) groups is 3. The zero-order valence-electron chi connectivity index (χ0n) is 15.8. The molecule has 2 aromatic rings. The highest BCUT2D eigenvalue weighted by molar-refractivity contribution is 6.32. The molecule has 152 valence electrons. The summed E-state index contributed by atoms with van der Waals surface area (Å²) in [5.41, 5.74) is 5.55. The van der Waals surface area contributed by atoms with E-state index in [1.807, 2.05) is 6.92 Å². The average Bonchev–Trinajstić information content (AvgIpc) is 2.74. The minimum atomic E-state index is -0.545. The van der Waals surface area contributed by atoms with Gasteiger partial charge in [0.1, 0.15) is 5.75 Å². The number of halogens is 1. The van der Waals surface area contributed by atoms with Crippen LogP contribution in [0.3, 0.4) is 0 Å². The predicted molar refractivity (Wildman–Crippen MR) is 109 cm³/mol. The second kappa shape index (κ2) is 11.5. The van der Waals surface area contributed by atoms with Crippen LogP contribution in [0.2, 0.25) is 5.02 Å². The zero-order valence-corrected chi connectivity index (χ0v) is 16.6. The molecule has 0 aliphatic heterocycles. The summed E-state index contributed by atoms with van der Waals surface area (Å²) in [6.07, 6.45) is 3.53. The van der Waals surface area contributed by atoms with Gasteiger partial charge in [-0.1, -0.05) is 36.7 Å². The Kier molecular flexibility index (Phi) is 8.72. The minimum Gasteiger partial charge on any atom is -0.484 e. The van der Waals surface area contributed by atoms with Crippen LogP contribution in [0.1, 0.15) is 29.3 Å². The summed E-state index contributed by atoms with van der Waals surface area (Å²) in [6, 6.07) is 13.3. The van der Waals surface area contributed by atoms with Crippen molar-refractivity contribution in [1.82, 2.24) is 10.9 Å². The van der Waals surface area contributed by atoms with Crippen molar-refractivity contribution >= 4 is 35.5 Å². The first-order valence-electron chi connectivity index (χ1n) is 8.91. The topological polar surface area (TPSA) is 93.7 Å². The Hall–Kier alpha value is -3.32. The molecular weight excluding hydrogens is 396 g/mol. The van der Waals surface area contributed by atoms with Gasteiger partial charge in [-0.25, -0.2) is 4.79 Å². The monoisotopic (exact) mass is 416 g/mol. The van der Waals surface area contributed by atoms with Crippen molar-refractivity contribution in [3.8, 4) is 5.75 Å². The Bertz CT molecular complexity index is 881. The molecule has 0 heterocycles. The molecule has 0 bridgehead atoms. The molecule has 29 heavy (non-hydrogen) atoms. The largest absolute Gasteiger partial charge is 0.484 e. The molecule has 0 saturated heterocycles. The minimum absolute atomic E-state index is 0.311. The van der Waals surface area contributed by atoms with Crippen LogP contribution in [0.4, 0.5) is 0 Å². The van der Waals surface area contributed by atoms with Crippen LogP contribution in [0.15, 0.2) is 54.6 Å². The highest BCUT2D eigenvalue weighted by atomic mass is 35.5. The van der Waals surface area contributed by atoms with E-state index < -0.39 is 17.8 Å². The van der Waals surface area contributed by atoms with Crippen LogP contribution in [-0.4, -0.2) is 31.0 Å². The molecule has 0 spiro atoms. The van der Waals surface area contributed by atoms with Crippen LogP contribution < -0.4 is 15.6 Å². The fourth-order valence-corrected chi connectivity index (χ4v) is 2.30. The number of rotatable bonds is 8. The smallest absolute Gasteiger partial charge is 0.338 e. The van der Waals surface area contributed by atoms with Gasteiger partial charge in [-0.05, 0) is 48.4 Å². The van der Waals surface area contributed by atoms with E-state index in [2.05, 4.69) is 10.9 Å². The van der Waals surface area contributed by atoms with Gasteiger partial charge in [-0.15, -0.1) is 0 Å². The van der Waals surface area contributed by atoms with Crippen LogP contribution in [0, 0.1) is 0 Å². The Morgan fingerprint density at radius 3 is 2.45 bits per heavy atom. The van der Waals surface area contributed by atoms with E-state index in [0.29, 0.717) is 28.5 Å². The summed E-state index contributed by atoms with van der Waals surface area (Å²) in [7, 11) is 0. The number of hydrogen-bond donors (Lipinski definition) is 2. The first kappa shape index (κ1) is 22.0. The van der Waals surface area contributed by atoms with Gasteiger partial charge >= 0.3 is 5.97 Å². The van der Waals surface area contributed by atoms with Crippen LogP contribution in [-0.2, 0) is 14.3 Å². The van der Waals surface area contributed by atoms with Gasteiger partial charge in [0.15, 0.2) is 6.61 Å². The maximum atomic E-state index is 11.8. The number of benzene rings is 2. The third-order valence-electron chi connectivity index (χ3n) is 3.54. The van der Waals surface area contributed by atoms with E-state index in [0.717, 1.165) is 6.42 Å². The lowest BCUT2D eigenvalue weighted by molar-refractivity contribution is -0.128. The summed E-state index contributed by atoms with van der Waals surface area (Å²) < 4.78 is 10.3. The lowest BCUT2D eigenvalue weighted by Gasteiger charge is -2.08. The van der Waals surface area contributed by atoms with Gasteiger partial charge in [0.2, 0.25) is 0 Å². The van der Waals surface area contributed by atoms with Crippen molar-refractivity contribution < 1.29 is 23.9 Å². The van der Waals surface area contributed by atoms with E-state index in [1.165, 1.54) is 12.2 Å². The second-order valence-corrected chi connectivity index (χ2v) is 6.25. The highest BCUT2D eigenvalue weighted by Crippen LogP contribution is 2.16. The summed E-state index contributed by atoms with van der Waals surface area (Å²) in [5.74, 6) is -1.08. The molecule has 2 amide bonds. The van der Waals surface area contributed by atoms with Crippen molar-refractivity contribution in [2.75, 3.05) is 13.2 Å². The maximum Gasteiger partial charge on any atom is 0.338 e. The normalized spacial score (nSPS) is 10.4. The van der Waals surface area contributed by atoms with E-state index >= 15 is 0 Å². The summed E-state index contributed by atoms with van der Waals surface area (Å²) in [5, 5.41) is 0.513. The SMILES string of the molecule is CCCOC(=O)c1ccc(OCC(=O)NNC(=O)/C=C/c2ccccc2Cl)cc1. The molecule has 0 unspecified atom stereocenters. The van der Waals surface area contributed by atoms with Crippen molar-refractivity contribution in [1.29, 1.82) is 0 Å². The molecule has 2 aromatic carbocycles. The van der Waals surface area contributed by atoms with Crippen molar-refractivity contribution in [2.45, 2.75) is 13.3 Å². The van der Waals surface area contributed by atoms with Gasteiger partial charge in [0.25, 0.3) is 11.8 Å². The van der Waals surface area contributed by atoms with Crippen LogP contribution in [0.25, 0.3) is 6.08 Å². The number of ether oxygens (including phenoxy) is 2. The molecule has 2 rings (SSSR count).